The molecule has 1 atom stereocenters. The van der Waals surface area contributed by atoms with Crippen molar-refractivity contribution in [3.05, 3.63) is 71.3 Å². The van der Waals surface area contributed by atoms with Crippen molar-refractivity contribution in [2.24, 2.45) is 4.99 Å². The van der Waals surface area contributed by atoms with E-state index in [0.29, 0.717) is 12.6 Å². The smallest absolute Gasteiger partial charge is 0.191 e. The third kappa shape index (κ3) is 7.60. The Morgan fingerprint density at radius 3 is 2.45 bits per heavy atom. The van der Waals surface area contributed by atoms with Gasteiger partial charge in [-0.1, -0.05) is 54.6 Å². The second kappa shape index (κ2) is 12.8. The van der Waals surface area contributed by atoms with Crippen molar-refractivity contribution in [1.82, 2.24) is 15.5 Å². The minimum absolute atomic E-state index is 0. The third-order valence-electron chi connectivity index (χ3n) is 5.25. The molecule has 1 fully saturated rings. The van der Waals surface area contributed by atoms with Gasteiger partial charge >= 0.3 is 0 Å². The first kappa shape index (κ1) is 23.6. The van der Waals surface area contributed by atoms with Gasteiger partial charge in [-0.2, -0.15) is 0 Å². The monoisotopic (exact) mass is 508 g/mol. The van der Waals surface area contributed by atoms with Crippen LogP contribution in [-0.4, -0.2) is 44.1 Å². The highest BCUT2D eigenvalue weighted by Crippen LogP contribution is 2.19. The number of halogens is 1. The molecule has 6 heteroatoms. The Hall–Kier alpha value is -1.64. The lowest BCUT2D eigenvalue weighted by Gasteiger charge is -2.25. The molecule has 2 aromatic rings. The van der Waals surface area contributed by atoms with Crippen LogP contribution in [0.4, 0.5) is 0 Å². The van der Waals surface area contributed by atoms with Gasteiger partial charge in [0.1, 0.15) is 0 Å². The summed E-state index contributed by atoms with van der Waals surface area (Å²) in [6.45, 7) is 4.51. The van der Waals surface area contributed by atoms with Gasteiger partial charge in [0.25, 0.3) is 0 Å². The van der Waals surface area contributed by atoms with Gasteiger partial charge in [0.2, 0.25) is 0 Å². The third-order valence-corrected chi connectivity index (χ3v) is 5.25. The Balaban J connectivity index is 0.00000300. The number of nitrogens with zero attached hydrogens (tertiary/aromatic N) is 2. The van der Waals surface area contributed by atoms with Crippen molar-refractivity contribution in [3.8, 4) is 0 Å². The van der Waals surface area contributed by atoms with Crippen LogP contribution < -0.4 is 10.6 Å². The predicted molar refractivity (Wildman–Crippen MR) is 131 cm³/mol. The first-order valence-electron chi connectivity index (χ1n) is 10.1. The molecule has 0 aromatic heterocycles. The molecule has 2 aromatic carbocycles. The van der Waals surface area contributed by atoms with Crippen molar-refractivity contribution in [2.75, 3.05) is 27.2 Å². The lowest BCUT2D eigenvalue weighted by molar-refractivity contribution is 0.185. The Kier molecular flexibility index (Phi) is 10.5. The predicted octanol–water partition coefficient (Wildman–Crippen LogP) is 3.78. The Morgan fingerprint density at radius 2 is 1.76 bits per heavy atom. The summed E-state index contributed by atoms with van der Waals surface area (Å²) in [5, 5.41) is 6.92. The van der Waals surface area contributed by atoms with E-state index in [-0.39, 0.29) is 24.0 Å². The zero-order valence-corrected chi connectivity index (χ0v) is 19.8. The SMILES string of the molecule is CN=C(NCc1ccc(COC)cc1)NCC1CCCN1Cc1ccccc1.I. The average molecular weight is 508 g/mol. The maximum Gasteiger partial charge on any atom is 0.191 e. The van der Waals surface area contributed by atoms with Crippen LogP contribution in [-0.2, 0) is 24.4 Å². The van der Waals surface area contributed by atoms with Crippen molar-refractivity contribution in [2.45, 2.75) is 38.6 Å². The van der Waals surface area contributed by atoms with Crippen LogP contribution in [0.15, 0.2) is 59.6 Å². The highest BCUT2D eigenvalue weighted by atomic mass is 127. The van der Waals surface area contributed by atoms with Gasteiger partial charge < -0.3 is 15.4 Å². The normalized spacial score (nSPS) is 17.0. The largest absolute Gasteiger partial charge is 0.380 e. The number of benzene rings is 2. The van der Waals surface area contributed by atoms with Crippen LogP contribution in [0.25, 0.3) is 0 Å². The zero-order chi connectivity index (χ0) is 19.6. The molecule has 1 saturated heterocycles. The molecule has 0 amide bonds. The van der Waals surface area contributed by atoms with E-state index >= 15 is 0 Å². The van der Waals surface area contributed by atoms with E-state index in [4.69, 9.17) is 4.74 Å². The number of aliphatic imine (C=N–C) groups is 1. The summed E-state index contributed by atoms with van der Waals surface area (Å²) in [6, 6.07) is 19.8. The van der Waals surface area contributed by atoms with Crippen molar-refractivity contribution < 1.29 is 4.74 Å². The van der Waals surface area contributed by atoms with Crippen LogP contribution in [0.3, 0.4) is 0 Å². The second-order valence-electron chi connectivity index (χ2n) is 7.31. The first-order valence-corrected chi connectivity index (χ1v) is 10.1. The van der Waals surface area contributed by atoms with Crippen molar-refractivity contribution in [1.29, 1.82) is 0 Å². The highest BCUT2D eigenvalue weighted by Gasteiger charge is 2.24. The van der Waals surface area contributed by atoms with Crippen LogP contribution in [0, 0.1) is 0 Å². The van der Waals surface area contributed by atoms with Gasteiger partial charge in [-0.3, -0.25) is 9.89 Å². The molecular formula is C23H33IN4O. The minimum Gasteiger partial charge on any atom is -0.380 e. The molecule has 1 aliphatic heterocycles. The van der Waals surface area contributed by atoms with Crippen LogP contribution in [0.5, 0.6) is 0 Å². The molecule has 0 aliphatic carbocycles. The summed E-state index contributed by atoms with van der Waals surface area (Å²) < 4.78 is 5.16. The topological polar surface area (TPSA) is 48.9 Å². The summed E-state index contributed by atoms with van der Waals surface area (Å²) >= 11 is 0. The number of guanidine groups is 1. The lowest BCUT2D eigenvalue weighted by Crippen LogP contribution is -2.44. The molecule has 5 nitrogen and oxygen atoms in total. The van der Waals surface area contributed by atoms with Crippen LogP contribution >= 0.6 is 24.0 Å². The number of hydrogen-bond acceptors (Lipinski definition) is 3. The number of ether oxygens (including phenoxy) is 1. The van der Waals surface area contributed by atoms with Gasteiger partial charge in [-0.05, 0) is 36.1 Å². The molecule has 0 spiro atoms. The summed E-state index contributed by atoms with van der Waals surface area (Å²) in [4.78, 5) is 6.95. The van der Waals surface area contributed by atoms with Gasteiger partial charge in [0.15, 0.2) is 5.96 Å². The van der Waals surface area contributed by atoms with E-state index < -0.39 is 0 Å². The second-order valence-corrected chi connectivity index (χ2v) is 7.31. The number of likely N-dealkylation sites (tertiary alicyclic amines) is 1. The standard InChI is InChI=1S/C23H32N4O.HI/c1-24-23(25-15-19-10-12-21(13-11-19)18-28-2)26-16-22-9-6-14-27(22)17-20-7-4-3-5-8-20;/h3-5,7-8,10-13,22H,6,9,14-18H2,1-2H3,(H2,24,25,26);1H. The Labute approximate surface area is 192 Å². The van der Waals surface area contributed by atoms with E-state index in [9.17, 15) is 0 Å². The number of hydrogen-bond donors (Lipinski definition) is 2. The van der Waals surface area contributed by atoms with E-state index in [2.05, 4.69) is 75.1 Å². The molecule has 1 heterocycles. The van der Waals surface area contributed by atoms with Crippen molar-refractivity contribution >= 4 is 29.9 Å². The van der Waals surface area contributed by atoms with Gasteiger partial charge in [-0.15, -0.1) is 24.0 Å². The maximum atomic E-state index is 5.16. The first-order chi connectivity index (χ1) is 13.8. The van der Waals surface area contributed by atoms with Crippen LogP contribution in [0.1, 0.15) is 29.5 Å². The molecule has 0 saturated carbocycles. The molecule has 0 radical (unpaired) electrons. The van der Waals surface area contributed by atoms with Gasteiger partial charge in [0, 0.05) is 39.8 Å². The summed E-state index contributed by atoms with van der Waals surface area (Å²) in [5.74, 6) is 0.854. The van der Waals surface area contributed by atoms with Gasteiger partial charge in [0.05, 0.1) is 6.61 Å². The molecule has 2 N–H and O–H groups in total. The fraction of sp³-hybridized carbons (Fsp3) is 0.435. The Morgan fingerprint density at radius 1 is 1.03 bits per heavy atom. The molecule has 29 heavy (non-hydrogen) atoms. The van der Waals surface area contributed by atoms with Crippen molar-refractivity contribution in [3.63, 3.8) is 0 Å². The summed E-state index contributed by atoms with van der Waals surface area (Å²) in [6.07, 6.45) is 2.50. The zero-order valence-electron chi connectivity index (χ0n) is 17.4. The quantitative estimate of drug-likeness (QED) is 0.324. The van der Waals surface area contributed by atoms with E-state index in [1.165, 1.54) is 36.1 Å². The van der Waals surface area contributed by atoms with Gasteiger partial charge in [-0.25, -0.2) is 0 Å². The summed E-state index contributed by atoms with van der Waals surface area (Å²) in [5.41, 5.74) is 3.80. The molecule has 1 aliphatic rings. The fourth-order valence-corrected chi connectivity index (χ4v) is 3.69. The molecule has 3 rings (SSSR count). The lowest BCUT2D eigenvalue weighted by atomic mass is 10.1. The van der Waals surface area contributed by atoms with E-state index in [1.54, 1.807) is 7.11 Å². The number of rotatable bonds is 8. The highest BCUT2D eigenvalue weighted by molar-refractivity contribution is 14.0. The summed E-state index contributed by atoms with van der Waals surface area (Å²) in [7, 11) is 3.55. The Bertz CT molecular complexity index is 736. The van der Waals surface area contributed by atoms with E-state index in [1.807, 2.05) is 7.05 Å². The fourth-order valence-electron chi connectivity index (χ4n) is 3.69. The molecule has 158 valence electrons. The molecule has 0 bridgehead atoms. The number of methoxy groups -OCH3 is 1. The van der Waals surface area contributed by atoms with E-state index in [0.717, 1.165) is 25.6 Å². The average Bonchev–Trinajstić information content (AvgIpc) is 3.17. The molecular weight excluding hydrogens is 475 g/mol. The number of nitrogens with one attached hydrogen (secondary N) is 2. The maximum absolute atomic E-state index is 5.16. The molecule has 1 unspecified atom stereocenters. The minimum atomic E-state index is 0. The van der Waals surface area contributed by atoms with Crippen LogP contribution in [0.2, 0.25) is 0 Å².